The molecule has 2 nitrogen and oxygen atoms in total. The van der Waals surface area contributed by atoms with Crippen LogP contribution in [0.15, 0.2) is 30.3 Å². The average Bonchev–Trinajstić information content (AvgIpc) is 2.39. The third-order valence-corrected chi connectivity index (χ3v) is 3.12. The van der Waals surface area contributed by atoms with Gasteiger partial charge >= 0.3 is 0 Å². The second-order valence-electron chi connectivity index (χ2n) is 4.58. The van der Waals surface area contributed by atoms with Crippen molar-refractivity contribution >= 4 is 0 Å². The van der Waals surface area contributed by atoms with Gasteiger partial charge in [-0.2, -0.15) is 0 Å². The fourth-order valence-electron chi connectivity index (χ4n) is 1.90. The Labute approximate surface area is 105 Å². The Balaban J connectivity index is 2.54. The third kappa shape index (κ3) is 5.33. The summed E-state index contributed by atoms with van der Waals surface area (Å²) in [5.74, 6) is 0. The molecule has 96 valence electrons. The minimum Gasteiger partial charge on any atom is -0.392 e. The number of aliphatic hydroxyl groups excluding tert-OH is 1. The van der Waals surface area contributed by atoms with Gasteiger partial charge in [-0.3, -0.25) is 0 Å². The van der Waals surface area contributed by atoms with Gasteiger partial charge in [-0.15, -0.1) is 0 Å². The lowest BCUT2D eigenvalue weighted by molar-refractivity contribution is 0.162. The summed E-state index contributed by atoms with van der Waals surface area (Å²) in [5, 5.41) is 13.1. The molecule has 1 aromatic rings. The van der Waals surface area contributed by atoms with Crippen LogP contribution in [0, 0.1) is 0 Å². The van der Waals surface area contributed by atoms with Gasteiger partial charge in [0.2, 0.25) is 0 Å². The largest absolute Gasteiger partial charge is 0.392 e. The SMILES string of the molecule is CCCCC(NCC(O)CC)c1ccccc1. The van der Waals surface area contributed by atoms with Crippen LogP contribution in [0.25, 0.3) is 0 Å². The normalized spacial score (nSPS) is 14.5. The number of hydrogen-bond acceptors (Lipinski definition) is 2. The molecule has 2 heteroatoms. The minimum absolute atomic E-state index is 0.233. The highest BCUT2D eigenvalue weighted by molar-refractivity contribution is 5.18. The van der Waals surface area contributed by atoms with E-state index in [9.17, 15) is 5.11 Å². The van der Waals surface area contributed by atoms with Crippen LogP contribution in [-0.4, -0.2) is 17.8 Å². The van der Waals surface area contributed by atoms with Crippen LogP contribution >= 0.6 is 0 Å². The minimum atomic E-state index is -0.233. The summed E-state index contributed by atoms with van der Waals surface area (Å²) in [5.41, 5.74) is 1.32. The monoisotopic (exact) mass is 235 g/mol. The Kier molecular flexibility index (Phi) is 6.90. The van der Waals surface area contributed by atoms with Crippen molar-refractivity contribution in [1.82, 2.24) is 5.32 Å². The number of nitrogens with one attached hydrogen (secondary N) is 1. The van der Waals surface area contributed by atoms with Crippen molar-refractivity contribution in [3.63, 3.8) is 0 Å². The Morgan fingerprint density at radius 1 is 1.18 bits per heavy atom. The van der Waals surface area contributed by atoms with E-state index >= 15 is 0 Å². The Morgan fingerprint density at radius 2 is 1.88 bits per heavy atom. The molecule has 0 aliphatic heterocycles. The predicted molar refractivity (Wildman–Crippen MR) is 73.0 cm³/mol. The fourth-order valence-corrected chi connectivity index (χ4v) is 1.90. The molecule has 0 saturated carbocycles. The molecule has 0 spiro atoms. The first-order valence-electron chi connectivity index (χ1n) is 6.74. The predicted octanol–water partition coefficient (Wildman–Crippen LogP) is 3.28. The topological polar surface area (TPSA) is 32.3 Å². The van der Waals surface area contributed by atoms with Crippen LogP contribution in [-0.2, 0) is 0 Å². The molecule has 17 heavy (non-hydrogen) atoms. The molecule has 0 amide bonds. The molecule has 1 aromatic carbocycles. The number of benzene rings is 1. The molecule has 2 N–H and O–H groups in total. The maximum atomic E-state index is 9.62. The Hall–Kier alpha value is -0.860. The van der Waals surface area contributed by atoms with Crippen LogP contribution in [0.1, 0.15) is 51.1 Å². The molecule has 0 aliphatic rings. The smallest absolute Gasteiger partial charge is 0.0662 e. The second kappa shape index (κ2) is 8.26. The molecular weight excluding hydrogens is 210 g/mol. The van der Waals surface area contributed by atoms with Gasteiger partial charge in [0, 0.05) is 12.6 Å². The van der Waals surface area contributed by atoms with E-state index in [2.05, 4.69) is 36.5 Å². The van der Waals surface area contributed by atoms with Gasteiger partial charge in [0.1, 0.15) is 0 Å². The summed E-state index contributed by atoms with van der Waals surface area (Å²) in [6, 6.07) is 10.9. The van der Waals surface area contributed by atoms with Crippen molar-refractivity contribution < 1.29 is 5.11 Å². The highest BCUT2D eigenvalue weighted by Crippen LogP contribution is 2.19. The maximum Gasteiger partial charge on any atom is 0.0662 e. The zero-order valence-corrected chi connectivity index (χ0v) is 11.0. The summed E-state index contributed by atoms with van der Waals surface area (Å²) in [6.45, 7) is 4.90. The van der Waals surface area contributed by atoms with Crippen molar-refractivity contribution in [2.45, 2.75) is 51.7 Å². The van der Waals surface area contributed by atoms with Crippen LogP contribution in [0.4, 0.5) is 0 Å². The Morgan fingerprint density at radius 3 is 2.47 bits per heavy atom. The van der Waals surface area contributed by atoms with Crippen LogP contribution in [0.3, 0.4) is 0 Å². The molecule has 0 radical (unpaired) electrons. The first-order chi connectivity index (χ1) is 8.27. The number of aliphatic hydroxyl groups is 1. The first kappa shape index (κ1) is 14.2. The van der Waals surface area contributed by atoms with Gasteiger partial charge in [0.05, 0.1) is 6.10 Å². The summed E-state index contributed by atoms with van der Waals surface area (Å²) in [4.78, 5) is 0. The van der Waals surface area contributed by atoms with E-state index in [1.165, 1.54) is 18.4 Å². The molecule has 0 aromatic heterocycles. The summed E-state index contributed by atoms with van der Waals surface area (Å²) in [7, 11) is 0. The van der Waals surface area contributed by atoms with Crippen molar-refractivity contribution in [2.24, 2.45) is 0 Å². The van der Waals surface area contributed by atoms with Gasteiger partial charge in [0.25, 0.3) is 0 Å². The second-order valence-corrected chi connectivity index (χ2v) is 4.58. The standard InChI is InChI=1S/C15H25NO/c1-3-5-11-15(16-12-14(17)4-2)13-9-7-6-8-10-13/h6-10,14-17H,3-5,11-12H2,1-2H3. The van der Waals surface area contributed by atoms with Gasteiger partial charge < -0.3 is 10.4 Å². The molecular formula is C15H25NO. The van der Waals surface area contributed by atoms with E-state index in [4.69, 9.17) is 0 Å². The lowest BCUT2D eigenvalue weighted by atomic mass is 10.0. The van der Waals surface area contributed by atoms with Gasteiger partial charge in [-0.25, -0.2) is 0 Å². The Bertz CT molecular complexity index is 286. The number of unbranched alkanes of at least 4 members (excludes halogenated alkanes) is 1. The van der Waals surface area contributed by atoms with Crippen molar-refractivity contribution in [3.05, 3.63) is 35.9 Å². The first-order valence-corrected chi connectivity index (χ1v) is 6.74. The molecule has 2 unspecified atom stereocenters. The summed E-state index contributed by atoms with van der Waals surface area (Å²) in [6.07, 6.45) is 4.14. The average molecular weight is 235 g/mol. The molecule has 0 saturated heterocycles. The quantitative estimate of drug-likeness (QED) is 0.724. The summed E-state index contributed by atoms with van der Waals surface area (Å²) >= 11 is 0. The molecule has 1 rings (SSSR count). The zero-order valence-electron chi connectivity index (χ0n) is 11.0. The maximum absolute atomic E-state index is 9.62. The molecule has 0 bridgehead atoms. The molecule has 0 fully saturated rings. The van der Waals surface area contributed by atoms with Gasteiger partial charge in [0.15, 0.2) is 0 Å². The molecule has 0 heterocycles. The third-order valence-electron chi connectivity index (χ3n) is 3.12. The zero-order chi connectivity index (χ0) is 12.5. The lowest BCUT2D eigenvalue weighted by Crippen LogP contribution is -2.30. The van der Waals surface area contributed by atoms with E-state index in [0.29, 0.717) is 12.6 Å². The molecule has 0 aliphatic carbocycles. The highest BCUT2D eigenvalue weighted by Gasteiger charge is 2.11. The van der Waals surface area contributed by atoms with Crippen molar-refractivity contribution in [3.8, 4) is 0 Å². The van der Waals surface area contributed by atoms with E-state index in [0.717, 1.165) is 12.8 Å². The lowest BCUT2D eigenvalue weighted by Gasteiger charge is -2.20. The van der Waals surface area contributed by atoms with E-state index in [1.807, 2.05) is 13.0 Å². The number of hydrogen-bond donors (Lipinski definition) is 2. The summed E-state index contributed by atoms with van der Waals surface area (Å²) < 4.78 is 0. The molecule has 2 atom stereocenters. The van der Waals surface area contributed by atoms with Crippen LogP contribution in [0.2, 0.25) is 0 Å². The van der Waals surface area contributed by atoms with Crippen LogP contribution in [0.5, 0.6) is 0 Å². The van der Waals surface area contributed by atoms with Crippen molar-refractivity contribution in [1.29, 1.82) is 0 Å². The highest BCUT2D eigenvalue weighted by atomic mass is 16.3. The van der Waals surface area contributed by atoms with Gasteiger partial charge in [-0.1, -0.05) is 57.0 Å². The van der Waals surface area contributed by atoms with E-state index < -0.39 is 0 Å². The van der Waals surface area contributed by atoms with Crippen molar-refractivity contribution in [2.75, 3.05) is 6.54 Å². The van der Waals surface area contributed by atoms with E-state index in [-0.39, 0.29) is 6.10 Å². The van der Waals surface area contributed by atoms with E-state index in [1.54, 1.807) is 0 Å². The number of rotatable bonds is 8. The van der Waals surface area contributed by atoms with Crippen LogP contribution < -0.4 is 5.32 Å². The van der Waals surface area contributed by atoms with Gasteiger partial charge in [-0.05, 0) is 18.4 Å². The fraction of sp³-hybridized carbons (Fsp3) is 0.600.